The summed E-state index contributed by atoms with van der Waals surface area (Å²) in [7, 11) is 9.24. The SMILES string of the molecule is CN=C(NCc1ccc(OC)c(OC)c1)NCC(C)(C)CN(C)C. The highest BCUT2D eigenvalue weighted by Crippen LogP contribution is 2.27. The van der Waals surface area contributed by atoms with Crippen LogP contribution in [0.2, 0.25) is 0 Å². The average molecular weight is 336 g/mol. The van der Waals surface area contributed by atoms with Gasteiger partial charge in [0.15, 0.2) is 17.5 Å². The largest absolute Gasteiger partial charge is 0.493 e. The van der Waals surface area contributed by atoms with Crippen LogP contribution in [0.3, 0.4) is 0 Å². The third kappa shape index (κ3) is 6.66. The van der Waals surface area contributed by atoms with Crippen LogP contribution in [0.4, 0.5) is 0 Å². The Hall–Kier alpha value is -1.95. The third-order valence-electron chi connectivity index (χ3n) is 3.61. The molecule has 0 aliphatic carbocycles. The monoisotopic (exact) mass is 336 g/mol. The highest BCUT2D eigenvalue weighted by Gasteiger charge is 2.19. The van der Waals surface area contributed by atoms with E-state index in [1.807, 2.05) is 18.2 Å². The molecule has 0 heterocycles. The number of methoxy groups -OCH3 is 2. The van der Waals surface area contributed by atoms with Crippen molar-refractivity contribution in [1.82, 2.24) is 15.5 Å². The summed E-state index contributed by atoms with van der Waals surface area (Å²) in [4.78, 5) is 6.48. The Morgan fingerprint density at radius 3 is 2.33 bits per heavy atom. The van der Waals surface area contributed by atoms with Crippen molar-refractivity contribution in [2.24, 2.45) is 10.4 Å². The summed E-state index contributed by atoms with van der Waals surface area (Å²) >= 11 is 0. The standard InChI is InChI=1S/C18H32N4O2/c1-18(2,13-22(4)5)12-21-17(19-3)20-11-14-8-9-15(23-6)16(10-14)24-7/h8-10H,11-13H2,1-7H3,(H2,19,20,21). The minimum atomic E-state index is 0.157. The molecule has 0 aliphatic rings. The molecule has 2 N–H and O–H groups in total. The molecule has 6 nitrogen and oxygen atoms in total. The summed E-state index contributed by atoms with van der Waals surface area (Å²) in [5.41, 5.74) is 1.26. The summed E-state index contributed by atoms with van der Waals surface area (Å²) < 4.78 is 10.6. The molecular weight excluding hydrogens is 304 g/mol. The van der Waals surface area contributed by atoms with Gasteiger partial charge in [-0.05, 0) is 37.2 Å². The molecule has 0 atom stereocenters. The van der Waals surface area contributed by atoms with E-state index in [1.165, 1.54) is 0 Å². The van der Waals surface area contributed by atoms with Crippen LogP contribution in [0, 0.1) is 5.41 Å². The molecule has 0 aliphatic heterocycles. The fraction of sp³-hybridized carbons (Fsp3) is 0.611. The maximum absolute atomic E-state index is 5.34. The molecular formula is C18H32N4O2. The first-order valence-corrected chi connectivity index (χ1v) is 8.11. The summed E-state index contributed by atoms with van der Waals surface area (Å²) in [5, 5.41) is 6.72. The fourth-order valence-corrected chi connectivity index (χ4v) is 2.63. The second-order valence-electron chi connectivity index (χ2n) is 6.87. The van der Waals surface area contributed by atoms with E-state index >= 15 is 0 Å². The van der Waals surface area contributed by atoms with Gasteiger partial charge in [-0.2, -0.15) is 0 Å². The first kappa shape index (κ1) is 20.1. The van der Waals surface area contributed by atoms with Crippen LogP contribution in [0.5, 0.6) is 11.5 Å². The first-order valence-electron chi connectivity index (χ1n) is 8.11. The van der Waals surface area contributed by atoms with Crippen LogP contribution < -0.4 is 20.1 Å². The highest BCUT2D eigenvalue weighted by atomic mass is 16.5. The lowest BCUT2D eigenvalue weighted by Gasteiger charge is -2.29. The molecule has 0 bridgehead atoms. The molecule has 6 heteroatoms. The molecule has 24 heavy (non-hydrogen) atoms. The molecule has 1 aromatic carbocycles. The van der Waals surface area contributed by atoms with Crippen LogP contribution in [0.15, 0.2) is 23.2 Å². The minimum absolute atomic E-state index is 0.157. The van der Waals surface area contributed by atoms with Crippen LogP contribution in [-0.4, -0.2) is 59.3 Å². The van der Waals surface area contributed by atoms with Crippen molar-refractivity contribution in [3.63, 3.8) is 0 Å². The summed E-state index contributed by atoms with van der Waals surface area (Å²) in [6, 6.07) is 5.89. The molecule has 0 aromatic heterocycles. The van der Waals surface area contributed by atoms with E-state index in [4.69, 9.17) is 9.47 Å². The summed E-state index contributed by atoms with van der Waals surface area (Å²) in [5.74, 6) is 2.25. The number of aliphatic imine (C=N–C) groups is 1. The van der Waals surface area contributed by atoms with Crippen LogP contribution in [0.1, 0.15) is 19.4 Å². The maximum atomic E-state index is 5.34. The Morgan fingerprint density at radius 1 is 1.12 bits per heavy atom. The zero-order valence-corrected chi connectivity index (χ0v) is 16.1. The van der Waals surface area contributed by atoms with Crippen molar-refractivity contribution in [3.05, 3.63) is 23.8 Å². The van der Waals surface area contributed by atoms with Crippen molar-refractivity contribution >= 4 is 5.96 Å². The number of hydrogen-bond acceptors (Lipinski definition) is 4. The quantitative estimate of drug-likeness (QED) is 0.561. The zero-order valence-electron chi connectivity index (χ0n) is 16.1. The molecule has 0 unspecified atom stereocenters. The Labute approximate surface area is 146 Å². The second-order valence-corrected chi connectivity index (χ2v) is 6.87. The third-order valence-corrected chi connectivity index (χ3v) is 3.61. The molecule has 0 saturated carbocycles. The number of benzene rings is 1. The number of nitrogens with one attached hydrogen (secondary N) is 2. The van der Waals surface area contributed by atoms with Gasteiger partial charge in [0.25, 0.3) is 0 Å². The molecule has 136 valence electrons. The predicted octanol–water partition coefficient (Wildman–Crippen LogP) is 1.96. The molecule has 0 spiro atoms. The molecule has 0 fully saturated rings. The lowest BCUT2D eigenvalue weighted by atomic mass is 9.93. The number of ether oxygens (including phenoxy) is 2. The number of guanidine groups is 1. The van der Waals surface area contributed by atoms with Gasteiger partial charge in [0.1, 0.15) is 0 Å². The van der Waals surface area contributed by atoms with E-state index in [-0.39, 0.29) is 5.41 Å². The summed E-state index contributed by atoms with van der Waals surface area (Å²) in [6.45, 7) is 6.99. The van der Waals surface area contributed by atoms with Gasteiger partial charge in [-0.25, -0.2) is 0 Å². The van der Waals surface area contributed by atoms with Crippen molar-refractivity contribution in [3.8, 4) is 11.5 Å². The van der Waals surface area contributed by atoms with Crippen LogP contribution >= 0.6 is 0 Å². The zero-order chi connectivity index (χ0) is 18.2. The van der Waals surface area contributed by atoms with Crippen molar-refractivity contribution in [1.29, 1.82) is 0 Å². The molecule has 0 radical (unpaired) electrons. The molecule has 0 saturated heterocycles. The first-order chi connectivity index (χ1) is 11.3. The summed E-state index contributed by atoms with van der Waals surface area (Å²) in [6.07, 6.45) is 0. The minimum Gasteiger partial charge on any atom is -0.493 e. The van der Waals surface area contributed by atoms with Crippen LogP contribution in [-0.2, 0) is 6.54 Å². The average Bonchev–Trinajstić information content (AvgIpc) is 2.53. The van der Waals surface area contributed by atoms with E-state index in [0.29, 0.717) is 6.54 Å². The normalized spacial score (nSPS) is 12.2. The Kier molecular flexibility index (Phi) is 7.85. The smallest absolute Gasteiger partial charge is 0.191 e. The van der Waals surface area contributed by atoms with Gasteiger partial charge < -0.3 is 25.0 Å². The maximum Gasteiger partial charge on any atom is 0.191 e. The van der Waals surface area contributed by atoms with E-state index in [0.717, 1.165) is 36.1 Å². The molecule has 1 aromatic rings. The Morgan fingerprint density at radius 2 is 1.79 bits per heavy atom. The van der Waals surface area contributed by atoms with Gasteiger partial charge in [-0.15, -0.1) is 0 Å². The predicted molar refractivity (Wildman–Crippen MR) is 100 cm³/mol. The van der Waals surface area contributed by atoms with Gasteiger partial charge in [-0.3, -0.25) is 4.99 Å². The van der Waals surface area contributed by atoms with Crippen LogP contribution in [0.25, 0.3) is 0 Å². The number of nitrogens with zero attached hydrogens (tertiary/aromatic N) is 2. The molecule has 1 rings (SSSR count). The van der Waals surface area contributed by atoms with E-state index in [9.17, 15) is 0 Å². The van der Waals surface area contributed by atoms with Crippen molar-refractivity contribution < 1.29 is 9.47 Å². The van der Waals surface area contributed by atoms with Crippen molar-refractivity contribution in [2.75, 3.05) is 48.5 Å². The Balaban J connectivity index is 2.58. The fourth-order valence-electron chi connectivity index (χ4n) is 2.63. The van der Waals surface area contributed by atoms with Crippen molar-refractivity contribution in [2.45, 2.75) is 20.4 Å². The second kappa shape index (κ2) is 9.37. The number of hydrogen-bond donors (Lipinski definition) is 2. The van der Waals surface area contributed by atoms with Gasteiger partial charge >= 0.3 is 0 Å². The molecule has 0 amide bonds. The van der Waals surface area contributed by atoms with Gasteiger partial charge in [-0.1, -0.05) is 19.9 Å². The van der Waals surface area contributed by atoms with Gasteiger partial charge in [0, 0.05) is 26.7 Å². The Bertz CT molecular complexity index is 542. The van der Waals surface area contributed by atoms with E-state index in [2.05, 4.69) is 48.5 Å². The lowest BCUT2D eigenvalue weighted by molar-refractivity contribution is 0.241. The van der Waals surface area contributed by atoms with E-state index < -0.39 is 0 Å². The van der Waals surface area contributed by atoms with E-state index in [1.54, 1.807) is 21.3 Å². The topological polar surface area (TPSA) is 58.1 Å². The number of rotatable bonds is 8. The highest BCUT2D eigenvalue weighted by molar-refractivity contribution is 5.79. The van der Waals surface area contributed by atoms with Gasteiger partial charge in [0.05, 0.1) is 14.2 Å². The van der Waals surface area contributed by atoms with Gasteiger partial charge in [0.2, 0.25) is 0 Å². The lowest BCUT2D eigenvalue weighted by Crippen LogP contribution is -2.44.